The molecule has 1 aromatic heterocycles. The van der Waals surface area contributed by atoms with Gasteiger partial charge in [-0.05, 0) is 45.7 Å². The average Bonchev–Trinajstić information content (AvgIpc) is 3.15. The number of aromatic nitrogens is 1. The van der Waals surface area contributed by atoms with Crippen molar-refractivity contribution in [2.45, 2.75) is 123 Å². The zero-order valence-electron chi connectivity index (χ0n) is 20.5. The van der Waals surface area contributed by atoms with Gasteiger partial charge < -0.3 is 18.8 Å². The molecule has 0 aliphatic carbocycles. The van der Waals surface area contributed by atoms with Gasteiger partial charge in [0.2, 0.25) is 6.29 Å². The highest BCUT2D eigenvalue weighted by molar-refractivity contribution is 5.87. The second-order valence-electron chi connectivity index (χ2n) is 9.29. The Bertz CT molecular complexity index is 668. The number of hydrogen-bond acceptors (Lipinski definition) is 5. The highest BCUT2D eigenvalue weighted by atomic mass is 19.1. The molecule has 0 bridgehead atoms. The van der Waals surface area contributed by atoms with E-state index in [1.165, 1.54) is 45.4 Å². The van der Waals surface area contributed by atoms with Gasteiger partial charge in [-0.1, -0.05) is 58.3 Å². The van der Waals surface area contributed by atoms with Crippen LogP contribution in [0.25, 0.3) is 0 Å². The molecule has 0 aliphatic rings. The molecule has 0 aliphatic heterocycles. The third-order valence-corrected chi connectivity index (χ3v) is 5.02. The Hall–Kier alpha value is -2.05. The van der Waals surface area contributed by atoms with Crippen LogP contribution in [0.5, 0.6) is 0 Å². The smallest absolute Gasteiger partial charge is 0.428 e. The van der Waals surface area contributed by atoms with Crippen LogP contribution in [-0.4, -0.2) is 34.8 Å². The molecule has 0 amide bonds. The van der Waals surface area contributed by atoms with Crippen molar-refractivity contribution in [2.75, 3.05) is 0 Å². The first kappa shape index (κ1) is 28.0. The molecule has 2 atom stereocenters. The maximum atomic E-state index is 14.3. The van der Waals surface area contributed by atoms with Crippen LogP contribution in [0.15, 0.2) is 18.3 Å². The van der Waals surface area contributed by atoms with Gasteiger partial charge >= 0.3 is 12.1 Å². The highest BCUT2D eigenvalue weighted by Gasteiger charge is 2.22. The maximum absolute atomic E-state index is 14.3. The summed E-state index contributed by atoms with van der Waals surface area (Å²) in [5.74, 6) is -0.635. The molecule has 0 saturated carbocycles. The fourth-order valence-corrected chi connectivity index (χ4v) is 3.36. The molecule has 0 N–H and O–H groups in total. The third kappa shape index (κ3) is 12.7. The van der Waals surface area contributed by atoms with E-state index < -0.39 is 30.2 Å². The van der Waals surface area contributed by atoms with Gasteiger partial charge in [0.25, 0.3) is 0 Å². The molecule has 0 spiro atoms. The molecule has 2 unspecified atom stereocenters. The minimum Gasteiger partial charge on any atom is -0.428 e. The summed E-state index contributed by atoms with van der Waals surface area (Å²) in [7, 11) is 0. The first-order chi connectivity index (χ1) is 15.1. The SMILES string of the molecule is CCCCCCCCCCC(F)CCn1cccc1C(=O)OC(C)OC(=O)OC(C)(C)C. The van der Waals surface area contributed by atoms with E-state index in [-0.39, 0.29) is 0 Å². The highest BCUT2D eigenvalue weighted by Crippen LogP contribution is 2.16. The zero-order valence-corrected chi connectivity index (χ0v) is 20.5. The molecule has 1 aromatic rings. The van der Waals surface area contributed by atoms with E-state index in [1.54, 1.807) is 43.7 Å². The second kappa shape index (κ2) is 14.9. The average molecular weight is 456 g/mol. The number of nitrogens with zero attached hydrogens (tertiary/aromatic N) is 1. The lowest BCUT2D eigenvalue weighted by Crippen LogP contribution is -2.29. The number of unbranched alkanes of at least 4 members (excludes halogenated alkanes) is 7. The van der Waals surface area contributed by atoms with Crippen LogP contribution in [0, 0.1) is 0 Å². The van der Waals surface area contributed by atoms with E-state index in [0.717, 1.165) is 12.8 Å². The van der Waals surface area contributed by atoms with Crippen LogP contribution in [0.1, 0.15) is 109 Å². The van der Waals surface area contributed by atoms with Gasteiger partial charge in [-0.3, -0.25) is 0 Å². The van der Waals surface area contributed by atoms with Crippen LogP contribution in [0.2, 0.25) is 0 Å². The van der Waals surface area contributed by atoms with E-state index >= 15 is 0 Å². The number of aryl methyl sites for hydroxylation is 1. The second-order valence-corrected chi connectivity index (χ2v) is 9.29. The van der Waals surface area contributed by atoms with E-state index in [0.29, 0.717) is 25.1 Å². The lowest BCUT2D eigenvalue weighted by molar-refractivity contribution is -0.0978. The van der Waals surface area contributed by atoms with Gasteiger partial charge in [0.15, 0.2) is 0 Å². The third-order valence-electron chi connectivity index (χ3n) is 5.02. The molecule has 0 saturated heterocycles. The van der Waals surface area contributed by atoms with Gasteiger partial charge in [0, 0.05) is 19.7 Å². The monoisotopic (exact) mass is 455 g/mol. The van der Waals surface area contributed by atoms with Gasteiger partial charge in [-0.25, -0.2) is 14.0 Å². The molecule has 184 valence electrons. The topological polar surface area (TPSA) is 66.8 Å². The molecule has 7 heteroatoms. The Morgan fingerprint density at radius 3 is 2.25 bits per heavy atom. The molecule has 0 radical (unpaired) electrons. The summed E-state index contributed by atoms with van der Waals surface area (Å²) in [6, 6.07) is 3.32. The number of ether oxygens (including phenoxy) is 3. The van der Waals surface area contributed by atoms with E-state index in [9.17, 15) is 14.0 Å². The van der Waals surface area contributed by atoms with Crippen LogP contribution in [0.3, 0.4) is 0 Å². The van der Waals surface area contributed by atoms with E-state index in [1.807, 2.05) is 0 Å². The molecule has 1 rings (SSSR count). The molecule has 0 aromatic carbocycles. The largest absolute Gasteiger partial charge is 0.511 e. The molecular formula is C25H42FNO5. The first-order valence-electron chi connectivity index (χ1n) is 12.0. The van der Waals surface area contributed by atoms with Crippen LogP contribution in [-0.2, 0) is 20.8 Å². The zero-order chi connectivity index (χ0) is 24.0. The first-order valence-corrected chi connectivity index (χ1v) is 12.0. The molecule has 6 nitrogen and oxygen atoms in total. The summed E-state index contributed by atoms with van der Waals surface area (Å²) in [4.78, 5) is 24.1. The number of hydrogen-bond donors (Lipinski definition) is 0. The van der Waals surface area contributed by atoms with Gasteiger partial charge in [0.05, 0.1) is 0 Å². The van der Waals surface area contributed by atoms with Crippen molar-refractivity contribution in [3.05, 3.63) is 24.0 Å². The summed E-state index contributed by atoms with van der Waals surface area (Å²) in [6.45, 7) is 9.18. The van der Waals surface area contributed by atoms with Crippen molar-refractivity contribution in [2.24, 2.45) is 0 Å². The molecule has 1 heterocycles. The van der Waals surface area contributed by atoms with Crippen molar-refractivity contribution in [3.63, 3.8) is 0 Å². The molecule has 0 fully saturated rings. The number of esters is 1. The van der Waals surface area contributed by atoms with Gasteiger partial charge in [-0.2, -0.15) is 0 Å². The lowest BCUT2D eigenvalue weighted by Gasteiger charge is -2.21. The number of carbonyl (C=O) groups is 2. The van der Waals surface area contributed by atoms with Gasteiger partial charge in [0.1, 0.15) is 17.5 Å². The quantitative estimate of drug-likeness (QED) is 0.159. The normalized spacial score (nSPS) is 13.4. The van der Waals surface area contributed by atoms with E-state index in [4.69, 9.17) is 14.2 Å². The summed E-state index contributed by atoms with van der Waals surface area (Å²) in [5, 5.41) is 0. The van der Waals surface area contributed by atoms with E-state index in [2.05, 4.69) is 6.92 Å². The predicted octanol–water partition coefficient (Wildman–Crippen LogP) is 7.20. The van der Waals surface area contributed by atoms with Gasteiger partial charge in [-0.15, -0.1) is 0 Å². The Kier molecular flexibility index (Phi) is 13.0. The summed E-state index contributed by atoms with van der Waals surface area (Å²) in [5.41, 5.74) is -0.406. The fourth-order valence-electron chi connectivity index (χ4n) is 3.36. The van der Waals surface area contributed by atoms with Crippen molar-refractivity contribution in [1.82, 2.24) is 4.57 Å². The van der Waals surface area contributed by atoms with Crippen LogP contribution < -0.4 is 0 Å². The summed E-state index contributed by atoms with van der Waals surface area (Å²) >= 11 is 0. The maximum Gasteiger partial charge on any atom is 0.511 e. The van der Waals surface area contributed by atoms with Crippen LogP contribution >= 0.6 is 0 Å². The summed E-state index contributed by atoms with van der Waals surface area (Å²) < 4.78 is 31.1. The number of carbonyl (C=O) groups excluding carboxylic acids is 2. The Morgan fingerprint density at radius 2 is 1.62 bits per heavy atom. The Balaban J connectivity index is 2.32. The Morgan fingerprint density at radius 1 is 1.00 bits per heavy atom. The van der Waals surface area contributed by atoms with Crippen molar-refractivity contribution in [3.8, 4) is 0 Å². The molecular weight excluding hydrogens is 413 g/mol. The Labute approximate surface area is 192 Å². The standard InChI is InChI=1S/C25H42FNO5/c1-6-7-8-9-10-11-12-13-15-21(26)17-19-27-18-14-16-22(27)23(28)30-20(2)31-24(29)32-25(3,4)5/h14,16,18,20-21H,6-13,15,17,19H2,1-5H3. The van der Waals surface area contributed by atoms with Crippen LogP contribution in [0.4, 0.5) is 9.18 Å². The minimum absolute atomic E-state index is 0.295. The van der Waals surface area contributed by atoms with Crippen molar-refractivity contribution in [1.29, 1.82) is 0 Å². The van der Waals surface area contributed by atoms with Crippen molar-refractivity contribution < 1.29 is 28.2 Å². The lowest BCUT2D eigenvalue weighted by atomic mass is 10.1. The summed E-state index contributed by atoms with van der Waals surface area (Å²) in [6.07, 6.45) is 9.23. The predicted molar refractivity (Wildman–Crippen MR) is 123 cm³/mol. The van der Waals surface area contributed by atoms with Crippen molar-refractivity contribution >= 4 is 12.1 Å². The number of alkyl halides is 1. The number of rotatable bonds is 15. The number of halogens is 1. The fraction of sp³-hybridized carbons (Fsp3) is 0.760. The molecule has 32 heavy (non-hydrogen) atoms. The minimum atomic E-state index is -1.10.